The van der Waals surface area contributed by atoms with E-state index in [1.807, 2.05) is 30.3 Å². The van der Waals surface area contributed by atoms with E-state index >= 15 is 0 Å². The minimum absolute atomic E-state index is 0.0522. The minimum atomic E-state index is -4.90. The van der Waals surface area contributed by atoms with E-state index in [9.17, 15) is 13.2 Å². The fraction of sp³-hybridized carbons (Fsp3) is 0.348. The normalized spacial score (nSPS) is 23.3. The molecule has 55 heavy (non-hydrogen) atoms. The Labute approximate surface area is 321 Å². The molecule has 0 bridgehead atoms. The molecular formula is C46H46BF3N2O3. The molecule has 1 aromatic heterocycles. The van der Waals surface area contributed by atoms with Crippen molar-refractivity contribution in [2.24, 2.45) is 10.8 Å². The zero-order valence-electron chi connectivity index (χ0n) is 32.4. The van der Waals surface area contributed by atoms with Gasteiger partial charge < -0.3 is 23.7 Å². The highest BCUT2D eigenvalue weighted by atomic mass is 19.4. The summed E-state index contributed by atoms with van der Waals surface area (Å²) in [5, 5.41) is 0.890. The number of furan rings is 1. The average molecular weight is 743 g/mol. The van der Waals surface area contributed by atoms with Crippen molar-refractivity contribution in [3.63, 3.8) is 0 Å². The van der Waals surface area contributed by atoms with Crippen LogP contribution in [0.3, 0.4) is 0 Å². The molecule has 0 fully saturated rings. The SMILES string of the molecule is CC(C)(C)C1=CCC(N2C3=C(CCOC4C=CC=CC34C)B3c4oc5ccccc5c4N(c4ccc(C(C)(C)C)cc4)c4cc(OC(F)(F)F)cc2c43)C=C1. The largest absolute Gasteiger partial charge is 0.573 e. The topological polar surface area (TPSA) is 38.1 Å². The smallest absolute Gasteiger partial charge is 0.468 e. The second-order valence-electron chi connectivity index (χ2n) is 17.7. The number of hydrogen-bond donors (Lipinski definition) is 0. The average Bonchev–Trinajstić information content (AvgIpc) is 3.43. The number of nitrogens with zero attached hydrogens (tertiary/aromatic N) is 2. The molecule has 4 heterocycles. The molecule has 3 aliphatic heterocycles. The first-order valence-corrected chi connectivity index (χ1v) is 19.3. The number of ether oxygens (including phenoxy) is 2. The number of benzene rings is 3. The third kappa shape index (κ3) is 5.80. The van der Waals surface area contributed by atoms with Crippen molar-refractivity contribution >= 4 is 51.6 Å². The molecular weight excluding hydrogens is 696 g/mol. The van der Waals surface area contributed by atoms with Crippen LogP contribution >= 0.6 is 0 Å². The quantitative estimate of drug-likeness (QED) is 0.196. The number of fused-ring (bicyclic) bond motifs is 7. The summed E-state index contributed by atoms with van der Waals surface area (Å²) in [5.74, 6) is -0.266. The van der Waals surface area contributed by atoms with Gasteiger partial charge >= 0.3 is 6.36 Å². The van der Waals surface area contributed by atoms with Gasteiger partial charge in [-0.25, -0.2) is 0 Å². The molecule has 5 aliphatic rings. The first-order valence-electron chi connectivity index (χ1n) is 19.3. The Morgan fingerprint density at radius 2 is 1.64 bits per heavy atom. The van der Waals surface area contributed by atoms with Gasteiger partial charge in [0, 0.05) is 40.3 Å². The summed E-state index contributed by atoms with van der Waals surface area (Å²) >= 11 is 0. The van der Waals surface area contributed by atoms with Gasteiger partial charge in [0.2, 0.25) is 0 Å². The van der Waals surface area contributed by atoms with Crippen molar-refractivity contribution in [3.05, 3.63) is 126 Å². The molecule has 0 N–H and O–H groups in total. The Morgan fingerprint density at radius 3 is 2.33 bits per heavy atom. The van der Waals surface area contributed by atoms with Gasteiger partial charge in [-0.05, 0) is 71.5 Å². The summed E-state index contributed by atoms with van der Waals surface area (Å²) in [6, 6.07) is 19.3. The van der Waals surface area contributed by atoms with Crippen LogP contribution in [0.15, 0.2) is 124 Å². The van der Waals surface area contributed by atoms with E-state index in [1.165, 1.54) is 5.57 Å². The maximum Gasteiger partial charge on any atom is 0.573 e. The zero-order valence-corrected chi connectivity index (χ0v) is 32.4. The van der Waals surface area contributed by atoms with Gasteiger partial charge in [0.15, 0.2) is 0 Å². The Hall–Kier alpha value is -4.89. The first-order chi connectivity index (χ1) is 26.0. The van der Waals surface area contributed by atoms with Crippen LogP contribution < -0.4 is 25.7 Å². The molecule has 4 aromatic rings. The van der Waals surface area contributed by atoms with Crippen molar-refractivity contribution in [3.8, 4) is 5.75 Å². The minimum Gasteiger partial charge on any atom is -0.468 e. The lowest BCUT2D eigenvalue weighted by Gasteiger charge is -2.51. The highest BCUT2D eigenvalue weighted by molar-refractivity contribution is 6.94. The fourth-order valence-electron chi connectivity index (χ4n) is 9.35. The van der Waals surface area contributed by atoms with Crippen molar-refractivity contribution in [1.82, 2.24) is 0 Å². The second kappa shape index (κ2) is 12.3. The molecule has 3 aromatic carbocycles. The Bertz CT molecular complexity index is 2370. The summed E-state index contributed by atoms with van der Waals surface area (Å²) in [6.07, 6.45) is 11.2. The van der Waals surface area contributed by atoms with Crippen LogP contribution in [-0.2, 0) is 10.2 Å². The van der Waals surface area contributed by atoms with Crippen LogP contribution in [0.25, 0.3) is 11.0 Å². The molecule has 0 amide bonds. The molecule has 0 saturated heterocycles. The molecule has 282 valence electrons. The van der Waals surface area contributed by atoms with Crippen LogP contribution in [0.2, 0.25) is 0 Å². The van der Waals surface area contributed by atoms with Crippen molar-refractivity contribution in [2.75, 3.05) is 16.4 Å². The summed E-state index contributed by atoms with van der Waals surface area (Å²) in [7, 11) is 0. The van der Waals surface area contributed by atoms with E-state index in [0.29, 0.717) is 30.8 Å². The van der Waals surface area contributed by atoms with Gasteiger partial charge in [0.25, 0.3) is 6.71 Å². The third-order valence-electron chi connectivity index (χ3n) is 12.0. The summed E-state index contributed by atoms with van der Waals surface area (Å²) in [5.41, 5.74) is 9.17. The number of hydrogen-bond acceptors (Lipinski definition) is 5. The monoisotopic (exact) mass is 742 g/mol. The number of halogens is 3. The van der Waals surface area contributed by atoms with Crippen LogP contribution in [0.5, 0.6) is 5.75 Å². The molecule has 9 rings (SSSR count). The number of alkyl halides is 3. The van der Waals surface area contributed by atoms with E-state index in [4.69, 9.17) is 13.9 Å². The molecule has 0 radical (unpaired) electrons. The molecule has 0 spiro atoms. The Kier molecular flexibility index (Phi) is 8.01. The fourth-order valence-corrected chi connectivity index (χ4v) is 9.35. The molecule has 5 nitrogen and oxygen atoms in total. The maximum absolute atomic E-state index is 14.4. The summed E-state index contributed by atoms with van der Waals surface area (Å²) < 4.78 is 61.6. The van der Waals surface area contributed by atoms with Gasteiger partial charge in [0.05, 0.1) is 35.5 Å². The summed E-state index contributed by atoms with van der Waals surface area (Å²) in [4.78, 5) is 4.39. The lowest BCUT2D eigenvalue weighted by Crippen LogP contribution is -2.59. The van der Waals surface area contributed by atoms with Crippen LogP contribution in [-0.4, -0.2) is 31.8 Å². The molecule has 2 aliphatic carbocycles. The maximum atomic E-state index is 14.4. The number of rotatable bonds is 3. The zero-order chi connectivity index (χ0) is 38.7. The van der Waals surface area contributed by atoms with Crippen molar-refractivity contribution < 1.29 is 27.1 Å². The highest BCUT2D eigenvalue weighted by Gasteiger charge is 2.54. The first kappa shape index (κ1) is 35.8. The summed E-state index contributed by atoms with van der Waals surface area (Å²) in [6.45, 7) is 15.4. The standard InChI is InChI=1S/C46H46BF3N2O3/c1-43(2,3)28-15-19-30(20-16-28)51-35-26-32(55-46(48,49)50)27-36-39(35)47(42-40(51)33-12-8-9-13-37(33)54-42)34-23-25-53-38-14-10-11-24-45(38,7)41(34)52(36)31-21-17-29(18-22-31)44(4,5)6/h8-21,24,26-27,31,38H,22-23,25H2,1-7H3. The van der Waals surface area contributed by atoms with Gasteiger partial charge in [-0.3, -0.25) is 0 Å². The number of allylic oxidation sites excluding steroid dienone is 4. The van der Waals surface area contributed by atoms with Crippen LogP contribution in [0, 0.1) is 10.8 Å². The van der Waals surface area contributed by atoms with E-state index < -0.39 is 11.8 Å². The number of anilines is 4. The van der Waals surface area contributed by atoms with Gasteiger partial charge in [-0.1, -0.05) is 114 Å². The predicted octanol–water partition coefficient (Wildman–Crippen LogP) is 10.9. The van der Waals surface area contributed by atoms with E-state index in [2.05, 4.69) is 119 Å². The van der Waals surface area contributed by atoms with E-state index in [-0.39, 0.29) is 35.4 Å². The van der Waals surface area contributed by atoms with Gasteiger partial charge in [0.1, 0.15) is 11.3 Å². The predicted molar refractivity (Wildman–Crippen MR) is 217 cm³/mol. The molecule has 9 heteroatoms. The van der Waals surface area contributed by atoms with Crippen molar-refractivity contribution in [2.45, 2.75) is 85.2 Å². The second-order valence-corrected chi connectivity index (χ2v) is 17.7. The molecule has 3 atom stereocenters. The van der Waals surface area contributed by atoms with Crippen LogP contribution in [0.4, 0.5) is 35.9 Å². The molecule has 3 unspecified atom stereocenters. The third-order valence-corrected chi connectivity index (χ3v) is 12.0. The van der Waals surface area contributed by atoms with Crippen LogP contribution in [0.1, 0.15) is 66.9 Å². The lowest BCUT2D eigenvalue weighted by atomic mass is 9.33. The van der Waals surface area contributed by atoms with Gasteiger partial charge in [-0.15, -0.1) is 13.2 Å². The van der Waals surface area contributed by atoms with E-state index in [1.54, 1.807) is 12.1 Å². The van der Waals surface area contributed by atoms with Gasteiger partial charge in [-0.2, -0.15) is 0 Å². The Morgan fingerprint density at radius 1 is 0.891 bits per heavy atom. The lowest BCUT2D eigenvalue weighted by molar-refractivity contribution is -0.274. The molecule has 0 saturated carbocycles. The Balaban J connectivity index is 1.38. The highest BCUT2D eigenvalue weighted by Crippen LogP contribution is 2.54. The van der Waals surface area contributed by atoms with E-state index in [0.717, 1.165) is 50.2 Å². The number of para-hydroxylation sites is 1. The van der Waals surface area contributed by atoms with Crippen molar-refractivity contribution in [1.29, 1.82) is 0 Å².